The van der Waals surface area contributed by atoms with Crippen molar-refractivity contribution < 1.29 is 9.84 Å². The summed E-state index contributed by atoms with van der Waals surface area (Å²) in [5.41, 5.74) is -0.776. The molecule has 0 aliphatic rings. The zero-order chi connectivity index (χ0) is 9.90. The van der Waals surface area contributed by atoms with Crippen LogP contribution < -0.4 is 0 Å². The molecule has 0 aliphatic heterocycles. The Kier molecular flexibility index (Phi) is 3.91. The molecule has 1 N–H and O–H groups in total. The van der Waals surface area contributed by atoms with Gasteiger partial charge in [-0.25, -0.2) is 0 Å². The molecule has 13 heavy (non-hydrogen) atoms. The lowest BCUT2D eigenvalue weighted by Crippen LogP contribution is -2.32. The van der Waals surface area contributed by atoms with E-state index in [1.54, 1.807) is 25.4 Å². The normalized spacial score (nSPS) is 15.7. The van der Waals surface area contributed by atoms with Crippen molar-refractivity contribution in [3.05, 3.63) is 20.8 Å². The van der Waals surface area contributed by atoms with Gasteiger partial charge in [-0.05, 0) is 34.3 Å². The van der Waals surface area contributed by atoms with Crippen LogP contribution >= 0.6 is 27.3 Å². The fourth-order valence-corrected chi connectivity index (χ4v) is 2.83. The molecule has 0 spiro atoms. The molecule has 1 rings (SSSR count). The molecule has 0 fully saturated rings. The Morgan fingerprint density at radius 1 is 1.69 bits per heavy atom. The smallest absolute Gasteiger partial charge is 0.0900 e. The lowest BCUT2D eigenvalue weighted by molar-refractivity contribution is -0.0156. The van der Waals surface area contributed by atoms with E-state index in [1.165, 1.54) is 0 Å². The second-order valence-corrected chi connectivity index (χ2v) is 5.15. The average molecular weight is 265 g/mol. The van der Waals surface area contributed by atoms with Crippen molar-refractivity contribution in [3.8, 4) is 0 Å². The summed E-state index contributed by atoms with van der Waals surface area (Å²) in [6, 6.07) is 1.99. The van der Waals surface area contributed by atoms with Crippen molar-refractivity contribution in [2.75, 3.05) is 13.7 Å². The van der Waals surface area contributed by atoms with Crippen LogP contribution in [0.25, 0.3) is 0 Å². The minimum Gasteiger partial charge on any atom is -0.387 e. The molecule has 0 amide bonds. The van der Waals surface area contributed by atoms with Gasteiger partial charge in [-0.3, -0.25) is 0 Å². The molecule has 0 bridgehead atoms. The first-order valence-electron chi connectivity index (χ1n) is 3.98. The molecule has 1 aromatic heterocycles. The summed E-state index contributed by atoms with van der Waals surface area (Å²) in [6.07, 6.45) is 0.624. The topological polar surface area (TPSA) is 29.5 Å². The third kappa shape index (κ3) is 3.38. The van der Waals surface area contributed by atoms with E-state index < -0.39 is 5.60 Å². The molecule has 0 saturated carbocycles. The van der Waals surface area contributed by atoms with Crippen LogP contribution in [0.15, 0.2) is 15.9 Å². The second-order valence-electron chi connectivity index (χ2n) is 3.30. The van der Waals surface area contributed by atoms with Gasteiger partial charge in [0, 0.05) is 22.9 Å². The summed E-state index contributed by atoms with van der Waals surface area (Å²) in [5.74, 6) is 0. The zero-order valence-electron chi connectivity index (χ0n) is 7.71. The maximum Gasteiger partial charge on any atom is 0.0900 e. The zero-order valence-corrected chi connectivity index (χ0v) is 10.1. The van der Waals surface area contributed by atoms with Gasteiger partial charge in [0.15, 0.2) is 0 Å². The highest BCUT2D eigenvalue weighted by Gasteiger charge is 2.22. The number of rotatable bonds is 4. The van der Waals surface area contributed by atoms with E-state index in [0.717, 1.165) is 9.35 Å². The van der Waals surface area contributed by atoms with E-state index in [9.17, 15) is 5.11 Å². The van der Waals surface area contributed by atoms with E-state index in [4.69, 9.17) is 4.74 Å². The average Bonchev–Trinajstić information content (AvgIpc) is 2.35. The Morgan fingerprint density at radius 2 is 2.38 bits per heavy atom. The molecule has 74 valence electrons. The summed E-state index contributed by atoms with van der Waals surface area (Å²) in [6.45, 7) is 2.14. The van der Waals surface area contributed by atoms with E-state index in [1.807, 2.05) is 11.4 Å². The van der Waals surface area contributed by atoms with E-state index in [2.05, 4.69) is 15.9 Å². The molecule has 4 heteroatoms. The van der Waals surface area contributed by atoms with Gasteiger partial charge in [0.05, 0.1) is 12.2 Å². The summed E-state index contributed by atoms with van der Waals surface area (Å²) in [4.78, 5) is 1.15. The first-order chi connectivity index (χ1) is 6.05. The molecular formula is C9H13BrO2S. The van der Waals surface area contributed by atoms with Crippen molar-refractivity contribution in [3.63, 3.8) is 0 Å². The predicted octanol–water partition coefficient (Wildman–Crippen LogP) is 2.45. The Labute approximate surface area is 90.7 Å². The largest absolute Gasteiger partial charge is 0.387 e. The van der Waals surface area contributed by atoms with Gasteiger partial charge < -0.3 is 9.84 Å². The summed E-state index contributed by atoms with van der Waals surface area (Å²) < 4.78 is 6.00. The highest BCUT2D eigenvalue weighted by Crippen LogP contribution is 2.26. The number of hydrogen-bond acceptors (Lipinski definition) is 3. The number of hydrogen-bond donors (Lipinski definition) is 1. The summed E-state index contributed by atoms with van der Waals surface area (Å²) >= 11 is 5.07. The van der Waals surface area contributed by atoms with Crippen LogP contribution in [0.4, 0.5) is 0 Å². The Morgan fingerprint density at radius 3 is 2.85 bits per heavy atom. The number of halogens is 1. The van der Waals surface area contributed by atoms with E-state index in [-0.39, 0.29) is 0 Å². The van der Waals surface area contributed by atoms with Gasteiger partial charge in [0.25, 0.3) is 0 Å². The van der Waals surface area contributed by atoms with Gasteiger partial charge in [-0.2, -0.15) is 0 Å². The second kappa shape index (κ2) is 4.55. The highest BCUT2D eigenvalue weighted by molar-refractivity contribution is 9.10. The van der Waals surface area contributed by atoms with Gasteiger partial charge in [0.1, 0.15) is 0 Å². The minimum atomic E-state index is -0.776. The Balaban J connectivity index is 2.63. The predicted molar refractivity (Wildman–Crippen MR) is 58.2 cm³/mol. The molecular weight excluding hydrogens is 252 g/mol. The molecule has 1 unspecified atom stereocenters. The molecule has 1 atom stereocenters. The van der Waals surface area contributed by atoms with Crippen molar-refractivity contribution >= 4 is 27.3 Å². The standard InChI is InChI=1S/C9H13BrO2S/c1-9(11,6-12-2)5-8-7(10)3-4-13-8/h3-4,11H,5-6H2,1-2H3. The van der Waals surface area contributed by atoms with Crippen molar-refractivity contribution in [2.45, 2.75) is 18.9 Å². The van der Waals surface area contributed by atoms with Gasteiger partial charge in [0.2, 0.25) is 0 Å². The van der Waals surface area contributed by atoms with Gasteiger partial charge in [-0.15, -0.1) is 11.3 Å². The maximum atomic E-state index is 9.87. The highest BCUT2D eigenvalue weighted by atomic mass is 79.9. The van der Waals surface area contributed by atoms with Crippen LogP contribution in [0.2, 0.25) is 0 Å². The number of ether oxygens (including phenoxy) is 1. The molecule has 2 nitrogen and oxygen atoms in total. The van der Waals surface area contributed by atoms with Crippen LogP contribution in [-0.4, -0.2) is 24.4 Å². The third-order valence-corrected chi connectivity index (χ3v) is 3.61. The molecule has 0 aliphatic carbocycles. The molecule has 0 saturated heterocycles. The maximum absolute atomic E-state index is 9.87. The molecule has 1 aromatic rings. The van der Waals surface area contributed by atoms with Crippen LogP contribution in [0.1, 0.15) is 11.8 Å². The number of aliphatic hydroxyl groups is 1. The first-order valence-corrected chi connectivity index (χ1v) is 5.65. The number of methoxy groups -OCH3 is 1. The first kappa shape index (κ1) is 11.2. The Hall–Kier alpha value is 0.100. The summed E-state index contributed by atoms with van der Waals surface area (Å²) in [7, 11) is 1.60. The fraction of sp³-hybridized carbons (Fsp3) is 0.556. The van der Waals surface area contributed by atoms with Gasteiger partial charge >= 0.3 is 0 Å². The third-order valence-electron chi connectivity index (χ3n) is 1.69. The van der Waals surface area contributed by atoms with Crippen molar-refractivity contribution in [2.24, 2.45) is 0 Å². The minimum absolute atomic E-state index is 0.358. The monoisotopic (exact) mass is 264 g/mol. The quantitative estimate of drug-likeness (QED) is 0.906. The molecule has 0 radical (unpaired) electrons. The van der Waals surface area contributed by atoms with Crippen LogP contribution in [0, 0.1) is 0 Å². The van der Waals surface area contributed by atoms with Gasteiger partial charge in [-0.1, -0.05) is 0 Å². The fourth-order valence-electron chi connectivity index (χ4n) is 1.16. The van der Waals surface area contributed by atoms with E-state index >= 15 is 0 Å². The van der Waals surface area contributed by atoms with Crippen LogP contribution in [0.3, 0.4) is 0 Å². The van der Waals surface area contributed by atoms with E-state index in [0.29, 0.717) is 13.0 Å². The Bertz CT molecular complexity index is 270. The number of thiophene rings is 1. The van der Waals surface area contributed by atoms with Crippen LogP contribution in [-0.2, 0) is 11.2 Å². The SMILES string of the molecule is COCC(C)(O)Cc1sccc1Br. The summed E-state index contributed by atoms with van der Waals surface area (Å²) in [5, 5.41) is 11.9. The van der Waals surface area contributed by atoms with Crippen LogP contribution in [0.5, 0.6) is 0 Å². The molecule has 1 heterocycles. The lowest BCUT2D eigenvalue weighted by atomic mass is 10.0. The lowest BCUT2D eigenvalue weighted by Gasteiger charge is -2.21. The molecule has 0 aromatic carbocycles. The van der Waals surface area contributed by atoms with Crippen molar-refractivity contribution in [1.29, 1.82) is 0 Å². The van der Waals surface area contributed by atoms with Crippen molar-refractivity contribution in [1.82, 2.24) is 0 Å².